The Labute approximate surface area is 108 Å². The predicted molar refractivity (Wildman–Crippen MR) is 67.5 cm³/mol. The molecule has 0 bridgehead atoms. The van der Waals surface area contributed by atoms with Gasteiger partial charge in [0.2, 0.25) is 0 Å². The summed E-state index contributed by atoms with van der Waals surface area (Å²) in [6.45, 7) is 2.20. The van der Waals surface area contributed by atoms with E-state index in [1.807, 2.05) is 0 Å². The van der Waals surface area contributed by atoms with Crippen LogP contribution < -0.4 is 0 Å². The maximum absolute atomic E-state index is 12.7. The fourth-order valence-electron chi connectivity index (χ4n) is 1.83. The number of hydrogen-bond donors (Lipinski definition) is 0. The number of hydrogen-bond acceptors (Lipinski definition) is 4. The van der Waals surface area contributed by atoms with Crippen LogP contribution in [0.25, 0.3) is 0 Å². The Hall–Kier alpha value is -1.14. The second kappa shape index (κ2) is 6.15. The lowest BCUT2D eigenvalue weighted by molar-refractivity contribution is 0.0961. The third kappa shape index (κ3) is 3.68. The van der Waals surface area contributed by atoms with E-state index < -0.39 is 16.6 Å². The van der Waals surface area contributed by atoms with Crippen LogP contribution in [-0.2, 0) is 10.8 Å². The van der Waals surface area contributed by atoms with Crippen LogP contribution in [0.3, 0.4) is 0 Å². The van der Waals surface area contributed by atoms with Gasteiger partial charge in [-0.15, -0.1) is 0 Å². The molecule has 0 radical (unpaired) electrons. The lowest BCUT2D eigenvalue weighted by Gasteiger charge is -2.25. The third-order valence-electron chi connectivity index (χ3n) is 2.94. The highest BCUT2D eigenvalue weighted by molar-refractivity contribution is 7.85. The summed E-state index contributed by atoms with van der Waals surface area (Å²) in [4.78, 5) is 17.7. The Kier molecular flexibility index (Phi) is 4.54. The van der Waals surface area contributed by atoms with E-state index in [9.17, 15) is 13.4 Å². The number of ketones is 1. The van der Waals surface area contributed by atoms with Crippen molar-refractivity contribution in [1.82, 2.24) is 9.88 Å². The second-order valence-corrected chi connectivity index (χ2v) is 5.92. The van der Waals surface area contributed by atoms with E-state index in [-0.39, 0.29) is 5.78 Å². The molecule has 0 aromatic carbocycles. The molecule has 18 heavy (non-hydrogen) atoms. The van der Waals surface area contributed by atoms with Crippen molar-refractivity contribution in [3.05, 3.63) is 29.8 Å². The first-order valence-electron chi connectivity index (χ1n) is 5.87. The number of nitrogens with zero attached hydrogens (tertiary/aromatic N) is 2. The van der Waals surface area contributed by atoms with E-state index in [4.69, 9.17) is 0 Å². The van der Waals surface area contributed by atoms with Gasteiger partial charge in [0.25, 0.3) is 0 Å². The molecule has 1 aliphatic heterocycles. The van der Waals surface area contributed by atoms with Crippen molar-refractivity contribution in [3.63, 3.8) is 0 Å². The molecular formula is C12H15FN2O2S. The molecule has 0 atom stereocenters. The summed E-state index contributed by atoms with van der Waals surface area (Å²) in [6.07, 6.45) is 1.42. The van der Waals surface area contributed by atoms with Crippen molar-refractivity contribution in [2.45, 2.75) is 6.42 Å². The minimum Gasteiger partial charge on any atom is -0.301 e. The number of rotatable bonds is 4. The number of Topliss-reactive ketones (excluding diaryl/α,β-unsaturated/α-hetero) is 1. The molecule has 98 valence electrons. The average molecular weight is 270 g/mol. The predicted octanol–water partition coefficient (Wildman–Crippen LogP) is 0.858. The highest BCUT2D eigenvalue weighted by atomic mass is 32.2. The molecular weight excluding hydrogens is 255 g/mol. The Balaban J connectivity index is 1.81. The first-order valence-corrected chi connectivity index (χ1v) is 7.36. The standard InChI is InChI=1S/C12H15FN2O2S/c13-10-1-2-11(14-9-10)12(16)3-4-15-5-7-18(17)8-6-15/h1-2,9H,3-8H2. The zero-order chi connectivity index (χ0) is 13.0. The SMILES string of the molecule is O=C(CCN1CCS(=O)CC1)c1ccc(F)cn1. The third-order valence-corrected chi connectivity index (χ3v) is 4.21. The Bertz CT molecular complexity index is 440. The number of halogens is 1. The average Bonchev–Trinajstić information content (AvgIpc) is 2.38. The van der Waals surface area contributed by atoms with E-state index in [1.165, 1.54) is 12.1 Å². The molecule has 1 fully saturated rings. The summed E-state index contributed by atoms with van der Waals surface area (Å²) in [6, 6.07) is 2.65. The summed E-state index contributed by atoms with van der Waals surface area (Å²) >= 11 is 0. The molecule has 1 saturated heterocycles. The Morgan fingerprint density at radius 1 is 1.39 bits per heavy atom. The molecule has 1 aliphatic rings. The smallest absolute Gasteiger partial charge is 0.182 e. The molecule has 0 spiro atoms. The second-order valence-electron chi connectivity index (χ2n) is 4.22. The van der Waals surface area contributed by atoms with Crippen LogP contribution in [0.4, 0.5) is 4.39 Å². The monoisotopic (exact) mass is 270 g/mol. The van der Waals surface area contributed by atoms with Gasteiger partial charge in [0.05, 0.1) is 6.20 Å². The molecule has 2 rings (SSSR count). The molecule has 4 nitrogen and oxygen atoms in total. The maximum Gasteiger partial charge on any atom is 0.182 e. The van der Waals surface area contributed by atoms with Crippen LogP contribution in [0, 0.1) is 5.82 Å². The highest BCUT2D eigenvalue weighted by Gasteiger charge is 2.16. The Morgan fingerprint density at radius 3 is 2.72 bits per heavy atom. The Morgan fingerprint density at radius 2 is 2.11 bits per heavy atom. The fraction of sp³-hybridized carbons (Fsp3) is 0.500. The van der Waals surface area contributed by atoms with Crippen LogP contribution >= 0.6 is 0 Å². The lowest BCUT2D eigenvalue weighted by Crippen LogP contribution is -2.38. The molecule has 1 aromatic heterocycles. The number of aromatic nitrogens is 1. The van der Waals surface area contributed by atoms with Gasteiger partial charge in [-0.2, -0.15) is 0 Å². The van der Waals surface area contributed by atoms with Gasteiger partial charge in [0.15, 0.2) is 5.78 Å². The van der Waals surface area contributed by atoms with E-state index in [2.05, 4.69) is 9.88 Å². The van der Waals surface area contributed by atoms with Crippen molar-refractivity contribution >= 4 is 16.6 Å². The van der Waals surface area contributed by atoms with Crippen molar-refractivity contribution in [2.24, 2.45) is 0 Å². The van der Waals surface area contributed by atoms with Crippen molar-refractivity contribution < 1.29 is 13.4 Å². The molecule has 0 saturated carbocycles. The zero-order valence-electron chi connectivity index (χ0n) is 9.97. The molecule has 0 N–H and O–H groups in total. The number of carbonyl (C=O) groups is 1. The van der Waals surface area contributed by atoms with Crippen LogP contribution in [0.2, 0.25) is 0 Å². The van der Waals surface area contributed by atoms with E-state index in [1.54, 1.807) is 0 Å². The van der Waals surface area contributed by atoms with Gasteiger partial charge >= 0.3 is 0 Å². The van der Waals surface area contributed by atoms with Crippen molar-refractivity contribution in [1.29, 1.82) is 0 Å². The van der Waals surface area contributed by atoms with Gasteiger partial charge in [0, 0.05) is 48.4 Å². The summed E-state index contributed by atoms with van der Waals surface area (Å²) in [5, 5.41) is 0. The highest BCUT2D eigenvalue weighted by Crippen LogP contribution is 2.05. The van der Waals surface area contributed by atoms with Crippen LogP contribution in [0.1, 0.15) is 16.9 Å². The quantitative estimate of drug-likeness (QED) is 0.761. The van der Waals surface area contributed by atoms with Gasteiger partial charge < -0.3 is 4.90 Å². The van der Waals surface area contributed by atoms with Crippen molar-refractivity contribution in [3.8, 4) is 0 Å². The lowest BCUT2D eigenvalue weighted by atomic mass is 10.2. The summed E-state index contributed by atoms with van der Waals surface area (Å²) in [7, 11) is -0.694. The van der Waals surface area contributed by atoms with E-state index >= 15 is 0 Å². The van der Waals surface area contributed by atoms with Gasteiger partial charge in [0.1, 0.15) is 11.5 Å². The van der Waals surface area contributed by atoms with Gasteiger partial charge in [-0.25, -0.2) is 4.39 Å². The van der Waals surface area contributed by atoms with Gasteiger partial charge in [-0.05, 0) is 12.1 Å². The maximum atomic E-state index is 12.7. The van der Waals surface area contributed by atoms with Crippen LogP contribution in [0.5, 0.6) is 0 Å². The molecule has 2 heterocycles. The molecule has 0 aliphatic carbocycles. The van der Waals surface area contributed by atoms with Gasteiger partial charge in [-0.3, -0.25) is 14.0 Å². The minimum absolute atomic E-state index is 0.0818. The minimum atomic E-state index is -0.694. The number of carbonyl (C=O) groups excluding carboxylic acids is 1. The molecule has 0 unspecified atom stereocenters. The van der Waals surface area contributed by atoms with Crippen molar-refractivity contribution in [2.75, 3.05) is 31.1 Å². The molecule has 1 aromatic rings. The number of pyridine rings is 1. The van der Waals surface area contributed by atoms with Crippen LogP contribution in [0.15, 0.2) is 18.3 Å². The first kappa shape index (κ1) is 13.3. The zero-order valence-corrected chi connectivity index (χ0v) is 10.8. The summed E-state index contributed by atoms with van der Waals surface area (Å²) in [5.74, 6) is 0.846. The summed E-state index contributed by atoms with van der Waals surface area (Å²) < 4.78 is 23.8. The topological polar surface area (TPSA) is 50.3 Å². The normalized spacial score (nSPS) is 17.8. The van der Waals surface area contributed by atoms with Gasteiger partial charge in [-0.1, -0.05) is 0 Å². The van der Waals surface area contributed by atoms with E-state index in [0.29, 0.717) is 30.2 Å². The molecule has 6 heteroatoms. The largest absolute Gasteiger partial charge is 0.301 e. The van der Waals surface area contributed by atoms with Crippen LogP contribution in [-0.4, -0.2) is 51.0 Å². The molecule has 0 amide bonds. The fourth-order valence-corrected chi connectivity index (χ4v) is 2.96. The van der Waals surface area contributed by atoms with E-state index in [0.717, 1.165) is 19.3 Å². The summed E-state index contributed by atoms with van der Waals surface area (Å²) in [5.41, 5.74) is 0.303. The first-order chi connectivity index (χ1) is 8.65.